The molecule has 21 heavy (non-hydrogen) atoms. The highest BCUT2D eigenvalue weighted by molar-refractivity contribution is 7.14. The molecule has 0 saturated carbocycles. The van der Waals surface area contributed by atoms with Crippen LogP contribution in [0, 0.1) is 6.92 Å². The van der Waals surface area contributed by atoms with Gasteiger partial charge in [-0.05, 0) is 30.1 Å². The zero-order valence-electron chi connectivity index (χ0n) is 10.8. The fourth-order valence-corrected chi connectivity index (χ4v) is 2.74. The molecule has 0 bridgehead atoms. The van der Waals surface area contributed by atoms with Crippen LogP contribution < -0.4 is 5.32 Å². The summed E-state index contributed by atoms with van der Waals surface area (Å²) >= 11 is 12.9. The first-order valence-corrected chi connectivity index (χ1v) is 7.60. The molecule has 3 aromatic rings. The fraction of sp³-hybridized carbons (Fsp3) is 0.0769. The number of aromatic nitrogens is 4. The largest absolute Gasteiger partial charge is 0.300 e. The molecule has 0 aliphatic carbocycles. The number of hydrogen-bond donors (Lipinski definition) is 1. The fourth-order valence-electron chi connectivity index (χ4n) is 1.67. The molecular formula is C13H9Cl2N5S. The van der Waals surface area contributed by atoms with Gasteiger partial charge in [0.15, 0.2) is 5.13 Å². The molecule has 0 fully saturated rings. The van der Waals surface area contributed by atoms with Crippen LogP contribution in [-0.4, -0.2) is 19.9 Å². The number of nitrogens with one attached hydrogen (secondary N) is 1. The highest BCUT2D eigenvalue weighted by Gasteiger charge is 2.08. The molecule has 0 unspecified atom stereocenters. The van der Waals surface area contributed by atoms with Crippen molar-refractivity contribution in [3.63, 3.8) is 0 Å². The van der Waals surface area contributed by atoms with Gasteiger partial charge in [-0.25, -0.2) is 4.98 Å². The third-order valence-electron chi connectivity index (χ3n) is 2.65. The summed E-state index contributed by atoms with van der Waals surface area (Å²) in [5, 5.41) is 5.65. The zero-order chi connectivity index (χ0) is 14.8. The van der Waals surface area contributed by atoms with Crippen LogP contribution in [0.4, 0.5) is 11.1 Å². The molecule has 1 aromatic carbocycles. The molecule has 5 nitrogen and oxygen atoms in total. The van der Waals surface area contributed by atoms with Gasteiger partial charge in [0.1, 0.15) is 0 Å². The van der Waals surface area contributed by atoms with Gasteiger partial charge in [-0.15, -0.1) is 11.3 Å². The third-order valence-corrected chi connectivity index (χ3v) is 3.75. The van der Waals surface area contributed by atoms with E-state index in [0.717, 1.165) is 11.3 Å². The Balaban J connectivity index is 1.83. The lowest BCUT2D eigenvalue weighted by Crippen LogP contribution is -1.99. The van der Waals surface area contributed by atoms with Crippen molar-refractivity contribution in [1.29, 1.82) is 0 Å². The summed E-state index contributed by atoms with van der Waals surface area (Å²) < 4.78 is 0. The standard InChI is InChI=1S/C13H9Cl2N5S/c1-7-2-4-8(5-3-7)9-6-21-13(16-9)20-12-18-10(14)17-11(15)19-12/h2-6H,1H3,(H,16,17,18,19,20). The second kappa shape index (κ2) is 5.93. The first-order valence-electron chi connectivity index (χ1n) is 5.97. The monoisotopic (exact) mass is 337 g/mol. The van der Waals surface area contributed by atoms with Crippen molar-refractivity contribution < 1.29 is 0 Å². The van der Waals surface area contributed by atoms with Crippen molar-refractivity contribution in [2.24, 2.45) is 0 Å². The molecule has 0 radical (unpaired) electrons. The minimum Gasteiger partial charge on any atom is -0.300 e. The Hall–Kier alpha value is -1.76. The lowest BCUT2D eigenvalue weighted by molar-refractivity contribution is 1.05. The van der Waals surface area contributed by atoms with Crippen LogP contribution >= 0.6 is 34.5 Å². The van der Waals surface area contributed by atoms with Crippen molar-refractivity contribution in [2.75, 3.05) is 5.32 Å². The van der Waals surface area contributed by atoms with Gasteiger partial charge < -0.3 is 0 Å². The first-order chi connectivity index (χ1) is 10.1. The topological polar surface area (TPSA) is 63.6 Å². The minimum atomic E-state index is 0.0350. The molecule has 2 heterocycles. The van der Waals surface area contributed by atoms with E-state index in [9.17, 15) is 0 Å². The Kier molecular flexibility index (Phi) is 4.01. The molecule has 0 amide bonds. The zero-order valence-corrected chi connectivity index (χ0v) is 13.2. The van der Waals surface area contributed by atoms with Gasteiger partial charge in [-0.1, -0.05) is 29.8 Å². The second-order valence-electron chi connectivity index (χ2n) is 4.23. The maximum absolute atomic E-state index is 5.73. The normalized spacial score (nSPS) is 10.6. The summed E-state index contributed by atoms with van der Waals surface area (Å²) in [6.07, 6.45) is 0. The van der Waals surface area contributed by atoms with E-state index in [0.29, 0.717) is 5.13 Å². The first kappa shape index (κ1) is 14.2. The molecule has 0 aliphatic rings. The van der Waals surface area contributed by atoms with Gasteiger partial charge in [0.05, 0.1) is 5.69 Å². The number of rotatable bonds is 3. The smallest absolute Gasteiger partial charge is 0.234 e. The van der Waals surface area contributed by atoms with Gasteiger partial charge in [-0.3, -0.25) is 5.32 Å². The molecule has 0 spiro atoms. The number of aryl methyl sites for hydroxylation is 1. The lowest BCUT2D eigenvalue weighted by Gasteiger charge is -2.01. The molecule has 0 atom stereocenters. The predicted molar refractivity (Wildman–Crippen MR) is 85.4 cm³/mol. The summed E-state index contributed by atoms with van der Waals surface area (Å²) in [4.78, 5) is 16.0. The molecule has 2 aromatic heterocycles. The van der Waals surface area contributed by atoms with Crippen molar-refractivity contribution in [1.82, 2.24) is 19.9 Å². The molecular weight excluding hydrogens is 329 g/mol. The number of halogens is 2. The van der Waals surface area contributed by atoms with E-state index in [1.807, 2.05) is 36.6 Å². The van der Waals surface area contributed by atoms with E-state index in [4.69, 9.17) is 23.2 Å². The summed E-state index contributed by atoms with van der Waals surface area (Å²) in [6, 6.07) is 8.16. The van der Waals surface area contributed by atoms with Crippen LogP contribution in [0.5, 0.6) is 0 Å². The van der Waals surface area contributed by atoms with Crippen LogP contribution in [0.2, 0.25) is 10.6 Å². The van der Waals surface area contributed by atoms with Gasteiger partial charge in [0.2, 0.25) is 16.5 Å². The molecule has 0 aliphatic heterocycles. The number of benzene rings is 1. The van der Waals surface area contributed by atoms with Gasteiger partial charge in [0.25, 0.3) is 0 Å². The average Bonchev–Trinajstić information content (AvgIpc) is 2.87. The van der Waals surface area contributed by atoms with Crippen LogP contribution in [0.1, 0.15) is 5.56 Å². The van der Waals surface area contributed by atoms with Crippen molar-refractivity contribution in [3.8, 4) is 11.3 Å². The molecule has 1 N–H and O–H groups in total. The predicted octanol–water partition coefficient (Wildman–Crippen LogP) is 4.35. The average molecular weight is 338 g/mol. The van der Waals surface area contributed by atoms with E-state index in [-0.39, 0.29) is 16.5 Å². The second-order valence-corrected chi connectivity index (χ2v) is 5.76. The third kappa shape index (κ3) is 3.47. The Bertz CT molecular complexity index is 752. The van der Waals surface area contributed by atoms with Crippen LogP contribution in [0.3, 0.4) is 0 Å². The van der Waals surface area contributed by atoms with E-state index in [2.05, 4.69) is 25.3 Å². The van der Waals surface area contributed by atoms with Crippen molar-refractivity contribution in [3.05, 3.63) is 45.8 Å². The lowest BCUT2D eigenvalue weighted by atomic mass is 10.1. The molecule has 3 rings (SSSR count). The summed E-state index contributed by atoms with van der Waals surface area (Å²) in [5.41, 5.74) is 3.15. The quantitative estimate of drug-likeness (QED) is 0.769. The number of hydrogen-bond acceptors (Lipinski definition) is 6. The SMILES string of the molecule is Cc1ccc(-c2csc(Nc3nc(Cl)nc(Cl)n3)n2)cc1. The van der Waals surface area contributed by atoms with Crippen LogP contribution in [0.15, 0.2) is 29.6 Å². The van der Waals surface area contributed by atoms with Gasteiger partial charge in [0, 0.05) is 10.9 Å². The Morgan fingerprint density at radius 1 is 0.952 bits per heavy atom. The van der Waals surface area contributed by atoms with Crippen molar-refractivity contribution >= 4 is 45.6 Å². The summed E-state index contributed by atoms with van der Waals surface area (Å²) in [5.74, 6) is 0.268. The van der Waals surface area contributed by atoms with E-state index < -0.39 is 0 Å². The molecule has 8 heteroatoms. The van der Waals surface area contributed by atoms with Gasteiger partial charge in [-0.2, -0.15) is 15.0 Å². The maximum atomic E-state index is 5.73. The highest BCUT2D eigenvalue weighted by Crippen LogP contribution is 2.26. The number of thiazole rings is 1. The minimum absolute atomic E-state index is 0.0350. The molecule has 0 saturated heterocycles. The van der Waals surface area contributed by atoms with E-state index in [1.165, 1.54) is 16.9 Å². The Morgan fingerprint density at radius 2 is 1.62 bits per heavy atom. The Morgan fingerprint density at radius 3 is 2.29 bits per heavy atom. The van der Waals surface area contributed by atoms with E-state index in [1.54, 1.807) is 0 Å². The number of nitrogens with zero attached hydrogens (tertiary/aromatic N) is 4. The summed E-state index contributed by atoms with van der Waals surface area (Å²) in [7, 11) is 0. The molecule has 106 valence electrons. The van der Waals surface area contributed by atoms with Crippen LogP contribution in [0.25, 0.3) is 11.3 Å². The maximum Gasteiger partial charge on any atom is 0.234 e. The summed E-state index contributed by atoms with van der Waals surface area (Å²) in [6.45, 7) is 2.05. The Labute approximate surface area is 135 Å². The van der Waals surface area contributed by atoms with Gasteiger partial charge >= 0.3 is 0 Å². The highest BCUT2D eigenvalue weighted by atomic mass is 35.5. The van der Waals surface area contributed by atoms with Crippen molar-refractivity contribution in [2.45, 2.75) is 6.92 Å². The number of anilines is 2. The van der Waals surface area contributed by atoms with Crippen LogP contribution in [-0.2, 0) is 0 Å². The van der Waals surface area contributed by atoms with E-state index >= 15 is 0 Å².